The van der Waals surface area contributed by atoms with E-state index in [1.165, 1.54) is 0 Å². The van der Waals surface area contributed by atoms with Crippen LogP contribution < -0.4 is 10.6 Å². The van der Waals surface area contributed by atoms with Gasteiger partial charge in [-0.15, -0.1) is 5.10 Å². The third kappa shape index (κ3) is 3.14. The highest BCUT2D eigenvalue weighted by molar-refractivity contribution is 5.98. The van der Waals surface area contributed by atoms with Gasteiger partial charge in [-0.2, -0.15) is 4.98 Å². The molecule has 0 atom stereocenters. The molecule has 8 nitrogen and oxygen atoms in total. The molecule has 5 rings (SSSR count). The van der Waals surface area contributed by atoms with Crippen LogP contribution in [0.4, 0.5) is 11.6 Å². The van der Waals surface area contributed by atoms with Crippen molar-refractivity contribution in [2.45, 2.75) is 13.5 Å². The van der Waals surface area contributed by atoms with Crippen molar-refractivity contribution >= 4 is 17.5 Å². The molecule has 0 fully saturated rings. The lowest BCUT2D eigenvalue weighted by Crippen LogP contribution is -2.12. The molecular formula is C21H19N7O. The van der Waals surface area contributed by atoms with Crippen molar-refractivity contribution in [2.75, 3.05) is 5.32 Å². The van der Waals surface area contributed by atoms with Crippen molar-refractivity contribution in [2.24, 2.45) is 7.05 Å². The van der Waals surface area contributed by atoms with Gasteiger partial charge >= 0.3 is 0 Å². The molecule has 144 valence electrons. The van der Waals surface area contributed by atoms with Gasteiger partial charge in [-0.3, -0.25) is 4.79 Å². The van der Waals surface area contributed by atoms with E-state index < -0.39 is 0 Å². The van der Waals surface area contributed by atoms with Crippen molar-refractivity contribution < 1.29 is 4.79 Å². The average molecular weight is 385 g/mol. The van der Waals surface area contributed by atoms with E-state index >= 15 is 0 Å². The Morgan fingerprint density at radius 3 is 2.72 bits per heavy atom. The maximum Gasteiger partial charge on any atom is 0.251 e. The Morgan fingerprint density at radius 1 is 1.14 bits per heavy atom. The van der Waals surface area contributed by atoms with Crippen molar-refractivity contribution in [3.05, 3.63) is 71.8 Å². The van der Waals surface area contributed by atoms with Gasteiger partial charge in [0.15, 0.2) is 5.82 Å². The molecule has 0 aliphatic carbocycles. The molecule has 0 radical (unpaired) electrons. The molecule has 8 heteroatoms. The summed E-state index contributed by atoms with van der Waals surface area (Å²) in [6.07, 6.45) is 3.78. The lowest BCUT2D eigenvalue weighted by atomic mass is 10.1. The van der Waals surface area contributed by atoms with Crippen LogP contribution in [0.3, 0.4) is 0 Å². The third-order valence-corrected chi connectivity index (χ3v) is 4.94. The predicted molar refractivity (Wildman–Crippen MR) is 109 cm³/mol. The zero-order chi connectivity index (χ0) is 20.0. The maximum atomic E-state index is 11.7. The third-order valence-electron chi connectivity index (χ3n) is 4.94. The summed E-state index contributed by atoms with van der Waals surface area (Å²) in [5.41, 5.74) is 5.51. The number of fused-ring (bicyclic) bond motifs is 1. The second-order valence-corrected chi connectivity index (χ2v) is 7.03. The van der Waals surface area contributed by atoms with Gasteiger partial charge in [-0.25, -0.2) is 9.67 Å². The fraction of sp³-hybridized carbons (Fsp3) is 0.143. The Hall–Kier alpha value is -3.94. The fourth-order valence-electron chi connectivity index (χ4n) is 3.40. The number of imidazole rings is 1. The zero-order valence-corrected chi connectivity index (χ0v) is 16.0. The highest BCUT2D eigenvalue weighted by atomic mass is 16.1. The Balaban J connectivity index is 1.38. The summed E-state index contributed by atoms with van der Waals surface area (Å²) in [6, 6.07) is 13.7. The normalized spacial score (nSPS) is 12.7. The first-order chi connectivity index (χ1) is 14.1. The molecule has 3 heterocycles. The minimum Gasteiger partial charge on any atom is -0.348 e. The average Bonchev–Trinajstić information content (AvgIpc) is 3.42. The highest BCUT2D eigenvalue weighted by Crippen LogP contribution is 2.24. The van der Waals surface area contributed by atoms with Crippen LogP contribution in [0.15, 0.2) is 55.0 Å². The number of benzene rings is 2. The molecule has 1 amide bonds. The molecule has 29 heavy (non-hydrogen) atoms. The summed E-state index contributed by atoms with van der Waals surface area (Å²) < 4.78 is 3.69. The molecule has 0 saturated carbocycles. The van der Waals surface area contributed by atoms with Crippen molar-refractivity contribution in [1.29, 1.82) is 0 Å². The Bertz CT molecular complexity index is 1220. The van der Waals surface area contributed by atoms with Gasteiger partial charge in [-0.1, -0.05) is 0 Å². The summed E-state index contributed by atoms with van der Waals surface area (Å²) in [6.45, 7) is 2.52. The standard InChI is InChI=1S/C21H19N7O/c1-13-11-28(12-23-13)17-6-3-14(4-7-17)19-25-21(27(2)26-19)24-16-5-8-18-15(9-16)10-22-20(18)29/h3-9,11-12H,10H2,1-2H3,(H,22,29)(H,24,25,26). The van der Waals surface area contributed by atoms with Crippen LogP contribution in [0.2, 0.25) is 0 Å². The molecule has 0 unspecified atom stereocenters. The van der Waals surface area contributed by atoms with Crippen molar-refractivity contribution in [3.63, 3.8) is 0 Å². The quantitative estimate of drug-likeness (QED) is 0.564. The van der Waals surface area contributed by atoms with Gasteiger partial charge < -0.3 is 15.2 Å². The number of aryl methyl sites for hydroxylation is 2. The van der Waals surface area contributed by atoms with E-state index in [4.69, 9.17) is 0 Å². The van der Waals surface area contributed by atoms with Gasteiger partial charge in [0, 0.05) is 42.3 Å². The summed E-state index contributed by atoms with van der Waals surface area (Å²) in [4.78, 5) is 20.6. The summed E-state index contributed by atoms with van der Waals surface area (Å²) in [5, 5.41) is 10.6. The minimum atomic E-state index is -0.0261. The molecule has 2 aromatic carbocycles. The van der Waals surface area contributed by atoms with Crippen molar-refractivity contribution in [3.8, 4) is 17.1 Å². The van der Waals surface area contributed by atoms with E-state index in [0.717, 1.165) is 33.8 Å². The van der Waals surface area contributed by atoms with Gasteiger partial charge in [0.25, 0.3) is 5.91 Å². The number of nitrogens with zero attached hydrogens (tertiary/aromatic N) is 5. The first-order valence-corrected chi connectivity index (χ1v) is 9.27. The zero-order valence-electron chi connectivity index (χ0n) is 16.0. The van der Waals surface area contributed by atoms with E-state index in [2.05, 4.69) is 25.7 Å². The molecule has 2 N–H and O–H groups in total. The smallest absolute Gasteiger partial charge is 0.251 e. The van der Waals surface area contributed by atoms with Crippen LogP contribution >= 0.6 is 0 Å². The van der Waals surface area contributed by atoms with E-state index in [1.54, 1.807) is 11.0 Å². The van der Waals surface area contributed by atoms with Crippen LogP contribution in [0.5, 0.6) is 0 Å². The fourth-order valence-corrected chi connectivity index (χ4v) is 3.40. The largest absolute Gasteiger partial charge is 0.348 e. The number of anilines is 2. The molecule has 0 bridgehead atoms. The summed E-state index contributed by atoms with van der Waals surface area (Å²) >= 11 is 0. The Morgan fingerprint density at radius 2 is 1.97 bits per heavy atom. The number of nitrogens with one attached hydrogen (secondary N) is 2. The van der Waals surface area contributed by atoms with E-state index in [0.29, 0.717) is 18.3 Å². The molecular weight excluding hydrogens is 366 g/mol. The number of rotatable bonds is 4. The second kappa shape index (κ2) is 6.59. The monoisotopic (exact) mass is 385 g/mol. The Labute approximate surface area is 167 Å². The first kappa shape index (κ1) is 17.2. The van der Waals surface area contributed by atoms with Crippen LogP contribution in [0, 0.1) is 6.92 Å². The molecule has 1 aliphatic heterocycles. The lowest BCUT2D eigenvalue weighted by Gasteiger charge is -2.06. The van der Waals surface area contributed by atoms with E-state index in [1.807, 2.05) is 67.2 Å². The number of aromatic nitrogens is 5. The number of carbonyl (C=O) groups excluding carboxylic acids is 1. The molecule has 0 spiro atoms. The van der Waals surface area contributed by atoms with Crippen LogP contribution in [0.25, 0.3) is 17.1 Å². The maximum absolute atomic E-state index is 11.7. The van der Waals surface area contributed by atoms with Crippen LogP contribution in [-0.4, -0.2) is 30.2 Å². The van der Waals surface area contributed by atoms with Gasteiger partial charge in [0.05, 0.1) is 12.0 Å². The Kier molecular flexibility index (Phi) is 3.90. The number of amides is 1. The topological polar surface area (TPSA) is 89.7 Å². The molecule has 0 saturated heterocycles. The number of hydrogen-bond acceptors (Lipinski definition) is 5. The SMILES string of the molecule is Cc1cn(-c2ccc(-c3nc(Nc4ccc5c(c4)CNC5=O)n(C)n3)cc2)cn1. The van der Waals surface area contributed by atoms with Crippen molar-refractivity contribution in [1.82, 2.24) is 29.6 Å². The first-order valence-electron chi connectivity index (χ1n) is 9.27. The van der Waals surface area contributed by atoms with Gasteiger partial charge in [0.1, 0.15) is 0 Å². The molecule has 1 aliphatic rings. The summed E-state index contributed by atoms with van der Waals surface area (Å²) in [5.74, 6) is 1.25. The van der Waals surface area contributed by atoms with E-state index in [-0.39, 0.29) is 5.91 Å². The molecule has 2 aromatic heterocycles. The number of hydrogen-bond donors (Lipinski definition) is 2. The second-order valence-electron chi connectivity index (χ2n) is 7.03. The number of carbonyl (C=O) groups is 1. The van der Waals surface area contributed by atoms with Gasteiger partial charge in [0.2, 0.25) is 5.95 Å². The predicted octanol–water partition coefficient (Wildman–Crippen LogP) is 2.96. The summed E-state index contributed by atoms with van der Waals surface area (Å²) in [7, 11) is 1.85. The molecule has 4 aromatic rings. The van der Waals surface area contributed by atoms with Gasteiger partial charge in [-0.05, 0) is 55.0 Å². The van der Waals surface area contributed by atoms with E-state index in [9.17, 15) is 4.79 Å². The highest BCUT2D eigenvalue weighted by Gasteiger charge is 2.19. The minimum absolute atomic E-state index is 0.0261. The lowest BCUT2D eigenvalue weighted by molar-refractivity contribution is 0.0966. The van der Waals surface area contributed by atoms with Crippen LogP contribution in [0.1, 0.15) is 21.6 Å². The van der Waals surface area contributed by atoms with Crippen LogP contribution in [-0.2, 0) is 13.6 Å².